The van der Waals surface area contributed by atoms with Crippen molar-refractivity contribution in [2.75, 3.05) is 17.2 Å². The van der Waals surface area contributed by atoms with E-state index in [2.05, 4.69) is 25.9 Å². The van der Waals surface area contributed by atoms with Crippen molar-refractivity contribution in [3.63, 3.8) is 0 Å². The summed E-state index contributed by atoms with van der Waals surface area (Å²) in [6.07, 6.45) is -6.73. The molecule has 5 aromatic rings. The van der Waals surface area contributed by atoms with Crippen LogP contribution < -0.4 is 16.0 Å². The van der Waals surface area contributed by atoms with Gasteiger partial charge in [-0.1, -0.05) is 36.4 Å². The van der Waals surface area contributed by atoms with E-state index in [1.165, 1.54) is 30.3 Å². The molecule has 1 aromatic heterocycles. The molecule has 1 saturated heterocycles. The number of aromatic nitrogens is 2. The number of aliphatic hydroxyl groups excluding tert-OH is 3. The van der Waals surface area contributed by atoms with Gasteiger partial charge in [0.2, 0.25) is 5.88 Å². The first kappa shape index (κ1) is 40.6. The van der Waals surface area contributed by atoms with Gasteiger partial charge >= 0.3 is 6.01 Å². The van der Waals surface area contributed by atoms with Crippen molar-refractivity contribution in [1.29, 1.82) is 0 Å². The number of hydrogen-bond donors (Lipinski definition) is 10. The highest BCUT2D eigenvalue weighted by Gasteiger charge is 2.48. The summed E-state index contributed by atoms with van der Waals surface area (Å²) in [5.74, 6) is -3.52. The minimum absolute atomic E-state index is 0.0636. The summed E-state index contributed by atoms with van der Waals surface area (Å²) >= 11 is 0. The lowest BCUT2D eigenvalue weighted by Crippen LogP contribution is -2.66. The second-order valence-corrected chi connectivity index (χ2v) is 15.3. The number of carbonyl (C=O) groups is 3. The number of nitrogens with one attached hydrogen (secondary N) is 3. The van der Waals surface area contributed by atoms with E-state index in [1.54, 1.807) is 24.3 Å². The van der Waals surface area contributed by atoms with Crippen LogP contribution in [0.3, 0.4) is 0 Å². The number of benzene rings is 4. The number of amides is 3. The summed E-state index contributed by atoms with van der Waals surface area (Å²) in [6.45, 7) is -0.803. The van der Waals surface area contributed by atoms with Gasteiger partial charge < -0.3 is 46.2 Å². The highest BCUT2D eigenvalue weighted by molar-refractivity contribution is 7.86. The lowest BCUT2D eigenvalue weighted by Gasteiger charge is -2.41. The maximum absolute atomic E-state index is 13.6. The van der Waals surface area contributed by atoms with Crippen molar-refractivity contribution in [1.82, 2.24) is 15.3 Å². The van der Waals surface area contributed by atoms with Crippen molar-refractivity contribution in [2.45, 2.75) is 40.2 Å². The molecule has 57 heavy (non-hydrogen) atoms. The van der Waals surface area contributed by atoms with Gasteiger partial charge in [0.1, 0.15) is 33.8 Å². The van der Waals surface area contributed by atoms with Gasteiger partial charge in [0.15, 0.2) is 6.10 Å². The Bertz CT molecular complexity index is 2610. The molecule has 5 atom stereocenters. The summed E-state index contributed by atoms with van der Waals surface area (Å²) in [5, 5.41) is 57.0. The third-order valence-electron chi connectivity index (χ3n) is 8.79. The van der Waals surface area contributed by atoms with E-state index in [1.807, 2.05) is 0 Å². The van der Waals surface area contributed by atoms with Gasteiger partial charge in [0.25, 0.3) is 38.0 Å². The number of fused-ring (bicyclic) bond motifs is 1. The fourth-order valence-corrected chi connectivity index (χ4v) is 7.57. The van der Waals surface area contributed by atoms with Crippen LogP contribution in [0.25, 0.3) is 21.9 Å². The Morgan fingerprint density at radius 1 is 0.737 bits per heavy atom. The molecule has 2 heterocycles. The SMILES string of the molecule is O=C(Nc1ccc(S(=O)(=O)O)c2cccc(S(=O)(=O)O)c12)c1ccc(-c2cccc(NC(=O)[C@@H]3OC(CO)[C@@H](O)[C@H](O)C3NC(=O)c3cc(O)nc(O)n3)c2)cc1. The van der Waals surface area contributed by atoms with Gasteiger partial charge in [-0.3, -0.25) is 23.5 Å². The Morgan fingerprint density at radius 2 is 1.42 bits per heavy atom. The minimum Gasteiger partial charge on any atom is -0.493 e. The predicted octanol–water partition coefficient (Wildman–Crippen LogP) is 0.672. The average molecular weight is 826 g/mol. The van der Waals surface area contributed by atoms with Crippen molar-refractivity contribution in [3.05, 3.63) is 96.2 Å². The fourth-order valence-electron chi connectivity index (χ4n) is 6.15. The molecule has 3 amide bonds. The van der Waals surface area contributed by atoms with Crippen LogP contribution >= 0.6 is 0 Å². The molecular formula is C35H31N5O15S2. The first-order valence-electron chi connectivity index (χ1n) is 16.4. The Balaban J connectivity index is 1.21. The molecule has 10 N–H and O–H groups in total. The lowest BCUT2D eigenvalue weighted by molar-refractivity contribution is -0.193. The zero-order valence-electron chi connectivity index (χ0n) is 28.8. The molecule has 4 aromatic carbocycles. The van der Waals surface area contributed by atoms with E-state index in [4.69, 9.17) is 4.74 Å². The number of ether oxygens (including phenoxy) is 1. The van der Waals surface area contributed by atoms with Crippen molar-refractivity contribution < 1.29 is 70.6 Å². The zero-order valence-corrected chi connectivity index (χ0v) is 30.4. The van der Waals surface area contributed by atoms with Crippen molar-refractivity contribution in [3.8, 4) is 23.0 Å². The van der Waals surface area contributed by atoms with Crippen LogP contribution in [-0.2, 0) is 29.8 Å². The largest absolute Gasteiger partial charge is 0.493 e. The molecule has 0 spiro atoms. The first-order chi connectivity index (χ1) is 26.8. The van der Waals surface area contributed by atoms with Gasteiger partial charge in [-0.2, -0.15) is 26.8 Å². The maximum Gasteiger partial charge on any atom is 0.317 e. The summed E-state index contributed by atoms with van der Waals surface area (Å²) in [5.41, 5.74) is 0.574. The number of aromatic hydroxyl groups is 2. The molecule has 298 valence electrons. The average Bonchev–Trinajstić information content (AvgIpc) is 3.15. The van der Waals surface area contributed by atoms with Crippen LogP contribution in [0, 0.1) is 0 Å². The van der Waals surface area contributed by atoms with E-state index in [9.17, 15) is 65.9 Å². The number of anilines is 2. The Kier molecular flexibility index (Phi) is 11.2. The first-order valence-corrected chi connectivity index (χ1v) is 19.3. The highest BCUT2D eigenvalue weighted by Crippen LogP contribution is 2.35. The van der Waals surface area contributed by atoms with Crippen LogP contribution in [0.15, 0.2) is 94.7 Å². The Hall–Kier alpha value is -6.11. The van der Waals surface area contributed by atoms with E-state index in [0.29, 0.717) is 11.1 Å². The van der Waals surface area contributed by atoms with Gasteiger partial charge in [0, 0.05) is 28.1 Å². The van der Waals surface area contributed by atoms with Crippen LogP contribution in [0.4, 0.5) is 11.4 Å². The van der Waals surface area contributed by atoms with Crippen molar-refractivity contribution >= 4 is 60.1 Å². The third-order valence-corrected chi connectivity index (χ3v) is 10.6. The molecule has 1 fully saturated rings. The van der Waals surface area contributed by atoms with Crippen LogP contribution in [0.1, 0.15) is 20.8 Å². The molecule has 20 nitrogen and oxygen atoms in total. The molecule has 22 heteroatoms. The molecule has 2 unspecified atom stereocenters. The van der Waals surface area contributed by atoms with E-state index < -0.39 is 102 Å². The Morgan fingerprint density at radius 3 is 2.07 bits per heavy atom. The molecular weight excluding hydrogens is 795 g/mol. The van der Waals surface area contributed by atoms with E-state index in [-0.39, 0.29) is 27.7 Å². The standard InChI is InChI=1S/C35H31N5O15S2/c41-15-23-29(43)30(44)28(40-33(46)22-14-26(42)39-35(48)38-22)31(55-23)34(47)36-19-4-1-3-18(13-19)16-7-9-17(10-8-16)32(45)37-21-11-12-24(56(49,50)51)20-5-2-6-25(27(20)21)57(52,53)54/h1-14,23,28-31,41,43-44H,15H2,(H,36,47)(H,37,45)(H,40,46)(H,49,50,51)(H,52,53,54)(H2,38,39,42,48)/t23?,28?,29-,30-,31-/m1/s1. The molecule has 0 aliphatic carbocycles. The summed E-state index contributed by atoms with van der Waals surface area (Å²) < 4.78 is 73.4. The monoisotopic (exact) mass is 825 g/mol. The van der Waals surface area contributed by atoms with Crippen LogP contribution in [0.2, 0.25) is 0 Å². The molecule has 1 aliphatic rings. The minimum atomic E-state index is -4.93. The van der Waals surface area contributed by atoms with Gasteiger partial charge in [-0.25, -0.2) is 0 Å². The molecule has 0 radical (unpaired) electrons. The second-order valence-electron chi connectivity index (χ2n) is 12.5. The van der Waals surface area contributed by atoms with E-state index >= 15 is 0 Å². The summed E-state index contributed by atoms with van der Waals surface area (Å²) in [6, 6.07) is 15.8. The van der Waals surface area contributed by atoms with Gasteiger partial charge in [-0.05, 0) is 53.6 Å². The van der Waals surface area contributed by atoms with Gasteiger partial charge in [0.05, 0.1) is 18.3 Å². The molecule has 0 bridgehead atoms. The molecule has 6 rings (SSSR count). The van der Waals surface area contributed by atoms with Crippen molar-refractivity contribution in [2.24, 2.45) is 0 Å². The van der Waals surface area contributed by atoms with E-state index in [0.717, 1.165) is 30.3 Å². The zero-order chi connectivity index (χ0) is 41.4. The number of nitrogens with zero attached hydrogens (tertiary/aromatic N) is 2. The smallest absolute Gasteiger partial charge is 0.317 e. The number of rotatable bonds is 10. The highest BCUT2D eigenvalue weighted by atomic mass is 32.2. The number of carbonyl (C=O) groups excluding carboxylic acids is 3. The quantitative estimate of drug-likeness (QED) is 0.0865. The number of hydrogen-bond acceptors (Lipinski definition) is 15. The maximum atomic E-state index is 13.6. The fraction of sp³-hybridized carbons (Fsp3) is 0.171. The molecule has 1 aliphatic heterocycles. The second kappa shape index (κ2) is 15.8. The molecule has 0 saturated carbocycles. The topological polar surface area (TPSA) is 332 Å². The lowest BCUT2D eigenvalue weighted by atomic mass is 9.92. The summed E-state index contributed by atoms with van der Waals surface area (Å²) in [7, 11) is -9.77. The van der Waals surface area contributed by atoms with Gasteiger partial charge in [-0.15, -0.1) is 0 Å². The normalized spacial score (nSPS) is 19.8. The van der Waals surface area contributed by atoms with Crippen LogP contribution in [-0.4, -0.2) is 116 Å². The number of aliphatic hydroxyl groups is 3. The summed E-state index contributed by atoms with van der Waals surface area (Å²) in [4.78, 5) is 45.1. The predicted molar refractivity (Wildman–Crippen MR) is 196 cm³/mol. The third kappa shape index (κ3) is 8.67. The Labute approximate surface area is 321 Å². The van der Waals surface area contributed by atoms with Crippen LogP contribution in [0.5, 0.6) is 11.9 Å².